The number of pyridine rings is 1. The van der Waals surface area contributed by atoms with E-state index in [0.717, 1.165) is 5.69 Å². The van der Waals surface area contributed by atoms with E-state index >= 15 is 0 Å². The first-order valence-electron chi connectivity index (χ1n) is 3.42. The minimum absolute atomic E-state index is 0.389. The fourth-order valence-electron chi connectivity index (χ4n) is 0.847. The summed E-state index contributed by atoms with van der Waals surface area (Å²) in [5.41, 5.74) is 1.54. The van der Waals surface area contributed by atoms with Gasteiger partial charge in [-0.05, 0) is 19.9 Å². The van der Waals surface area contributed by atoms with Crippen molar-refractivity contribution in [2.75, 3.05) is 0 Å². The zero-order valence-corrected chi connectivity index (χ0v) is 7.26. The molecule has 0 spiro atoms. The Balaban J connectivity index is 3.09. The second-order valence-corrected chi connectivity index (χ2v) is 2.87. The van der Waals surface area contributed by atoms with E-state index in [4.69, 9.17) is 11.6 Å². The number of aliphatic hydroxyl groups excluding tert-OH is 1. The van der Waals surface area contributed by atoms with Crippen LogP contribution in [0, 0.1) is 6.92 Å². The Bertz CT molecular complexity index is 260. The highest BCUT2D eigenvalue weighted by molar-refractivity contribution is 6.30. The van der Waals surface area contributed by atoms with Gasteiger partial charge in [0.05, 0.1) is 6.10 Å². The molecule has 0 amide bonds. The number of hydrogen-bond acceptors (Lipinski definition) is 2. The summed E-state index contributed by atoms with van der Waals surface area (Å²) in [4.78, 5) is 4.00. The van der Waals surface area contributed by atoms with E-state index in [1.165, 1.54) is 0 Å². The standard InChI is InChI=1S/C8H10ClNO/c1-5-3-4-7(6(2)11)8(9)10-5/h3-4,6,11H,1-2H3/t6-/m1/s1. The summed E-state index contributed by atoms with van der Waals surface area (Å²) in [5, 5.41) is 9.56. The van der Waals surface area contributed by atoms with E-state index < -0.39 is 6.10 Å². The second kappa shape index (κ2) is 3.20. The Hall–Kier alpha value is -0.600. The van der Waals surface area contributed by atoms with Gasteiger partial charge in [0.1, 0.15) is 5.15 Å². The molecule has 1 aromatic heterocycles. The van der Waals surface area contributed by atoms with E-state index in [-0.39, 0.29) is 0 Å². The molecule has 0 aliphatic heterocycles. The highest BCUT2D eigenvalue weighted by Gasteiger charge is 2.06. The maximum absolute atomic E-state index is 9.17. The number of aromatic nitrogens is 1. The third-order valence-electron chi connectivity index (χ3n) is 1.47. The van der Waals surface area contributed by atoms with Gasteiger partial charge in [-0.3, -0.25) is 0 Å². The largest absolute Gasteiger partial charge is 0.389 e. The lowest BCUT2D eigenvalue weighted by molar-refractivity contribution is 0.199. The number of rotatable bonds is 1. The van der Waals surface area contributed by atoms with Crippen LogP contribution in [0.5, 0.6) is 0 Å². The Morgan fingerprint density at radius 2 is 2.18 bits per heavy atom. The molecular formula is C8H10ClNO. The first-order chi connectivity index (χ1) is 5.11. The van der Waals surface area contributed by atoms with Crippen LogP contribution < -0.4 is 0 Å². The monoisotopic (exact) mass is 171 g/mol. The van der Waals surface area contributed by atoms with Gasteiger partial charge < -0.3 is 5.11 Å². The van der Waals surface area contributed by atoms with Gasteiger partial charge in [0.2, 0.25) is 0 Å². The van der Waals surface area contributed by atoms with Crippen molar-refractivity contribution in [2.45, 2.75) is 20.0 Å². The molecule has 11 heavy (non-hydrogen) atoms. The number of aryl methyl sites for hydroxylation is 1. The lowest BCUT2D eigenvalue weighted by Gasteiger charge is -2.05. The van der Waals surface area contributed by atoms with Crippen molar-refractivity contribution in [1.82, 2.24) is 4.98 Å². The molecule has 0 saturated carbocycles. The number of halogens is 1. The zero-order valence-electron chi connectivity index (χ0n) is 6.50. The first kappa shape index (κ1) is 8.50. The van der Waals surface area contributed by atoms with Crippen molar-refractivity contribution >= 4 is 11.6 Å². The molecule has 1 rings (SSSR count). The Labute approximate surface area is 70.8 Å². The summed E-state index contributed by atoms with van der Waals surface area (Å²) < 4.78 is 0. The predicted molar refractivity (Wildman–Crippen MR) is 44.6 cm³/mol. The summed E-state index contributed by atoms with van der Waals surface area (Å²) in [6.45, 7) is 3.52. The lowest BCUT2D eigenvalue weighted by atomic mass is 10.2. The molecular weight excluding hydrogens is 162 g/mol. The molecule has 0 unspecified atom stereocenters. The van der Waals surface area contributed by atoms with Crippen molar-refractivity contribution in [1.29, 1.82) is 0 Å². The van der Waals surface area contributed by atoms with Crippen LogP contribution in [-0.4, -0.2) is 10.1 Å². The van der Waals surface area contributed by atoms with Gasteiger partial charge in [-0.1, -0.05) is 17.7 Å². The molecule has 1 atom stereocenters. The minimum Gasteiger partial charge on any atom is -0.389 e. The van der Waals surface area contributed by atoms with Gasteiger partial charge in [-0.15, -0.1) is 0 Å². The highest BCUT2D eigenvalue weighted by atomic mass is 35.5. The predicted octanol–water partition coefficient (Wildman–Crippen LogP) is 2.10. The van der Waals surface area contributed by atoms with Crippen LogP contribution in [0.15, 0.2) is 12.1 Å². The van der Waals surface area contributed by atoms with E-state index in [2.05, 4.69) is 4.98 Å². The molecule has 1 heterocycles. The third-order valence-corrected chi connectivity index (χ3v) is 1.77. The maximum atomic E-state index is 9.17. The van der Waals surface area contributed by atoms with Gasteiger partial charge in [-0.2, -0.15) is 0 Å². The van der Waals surface area contributed by atoms with Crippen LogP contribution in [0.4, 0.5) is 0 Å². The van der Waals surface area contributed by atoms with Gasteiger partial charge in [0, 0.05) is 11.3 Å². The Morgan fingerprint density at radius 1 is 1.55 bits per heavy atom. The fraction of sp³-hybridized carbons (Fsp3) is 0.375. The molecule has 0 bridgehead atoms. The van der Waals surface area contributed by atoms with Crippen LogP contribution in [0.25, 0.3) is 0 Å². The van der Waals surface area contributed by atoms with E-state index in [1.807, 2.05) is 13.0 Å². The van der Waals surface area contributed by atoms with Gasteiger partial charge in [-0.25, -0.2) is 4.98 Å². The van der Waals surface area contributed by atoms with Crippen molar-refractivity contribution in [3.63, 3.8) is 0 Å². The second-order valence-electron chi connectivity index (χ2n) is 2.51. The zero-order chi connectivity index (χ0) is 8.43. The van der Waals surface area contributed by atoms with Crippen molar-refractivity contribution in [2.24, 2.45) is 0 Å². The van der Waals surface area contributed by atoms with E-state index in [9.17, 15) is 5.11 Å². The Morgan fingerprint density at radius 3 is 2.64 bits per heavy atom. The van der Waals surface area contributed by atoms with Gasteiger partial charge in [0.15, 0.2) is 0 Å². The van der Waals surface area contributed by atoms with Crippen LogP contribution in [-0.2, 0) is 0 Å². The molecule has 0 aromatic carbocycles. The van der Waals surface area contributed by atoms with Crippen LogP contribution >= 0.6 is 11.6 Å². The van der Waals surface area contributed by atoms with Gasteiger partial charge >= 0.3 is 0 Å². The Kier molecular flexibility index (Phi) is 2.47. The molecule has 0 saturated heterocycles. The topological polar surface area (TPSA) is 33.1 Å². The average molecular weight is 172 g/mol. The quantitative estimate of drug-likeness (QED) is 0.657. The third kappa shape index (κ3) is 1.91. The van der Waals surface area contributed by atoms with Crippen LogP contribution in [0.1, 0.15) is 24.3 Å². The molecule has 3 heteroatoms. The summed E-state index contributed by atoms with van der Waals surface area (Å²) in [6, 6.07) is 3.61. The van der Waals surface area contributed by atoms with Crippen molar-refractivity contribution < 1.29 is 5.11 Å². The lowest BCUT2D eigenvalue weighted by Crippen LogP contribution is -1.94. The first-order valence-corrected chi connectivity index (χ1v) is 3.80. The fourth-order valence-corrected chi connectivity index (χ4v) is 1.20. The summed E-state index contributed by atoms with van der Waals surface area (Å²) in [7, 11) is 0. The maximum Gasteiger partial charge on any atom is 0.135 e. The molecule has 60 valence electrons. The molecule has 0 fully saturated rings. The minimum atomic E-state index is -0.546. The number of hydrogen-bond donors (Lipinski definition) is 1. The normalized spacial score (nSPS) is 13.1. The summed E-state index contributed by atoms with van der Waals surface area (Å²) in [5.74, 6) is 0. The molecule has 0 aliphatic carbocycles. The number of nitrogens with zero attached hydrogens (tertiary/aromatic N) is 1. The SMILES string of the molecule is Cc1ccc([C@@H](C)O)c(Cl)n1. The molecule has 1 aromatic rings. The average Bonchev–Trinajstić information content (AvgIpc) is 1.85. The van der Waals surface area contributed by atoms with Gasteiger partial charge in [0.25, 0.3) is 0 Å². The van der Waals surface area contributed by atoms with E-state index in [0.29, 0.717) is 10.7 Å². The highest BCUT2D eigenvalue weighted by Crippen LogP contribution is 2.20. The smallest absolute Gasteiger partial charge is 0.135 e. The molecule has 1 N–H and O–H groups in total. The van der Waals surface area contributed by atoms with E-state index in [1.54, 1.807) is 13.0 Å². The molecule has 2 nitrogen and oxygen atoms in total. The molecule has 0 aliphatic rings. The van der Waals surface area contributed by atoms with Crippen molar-refractivity contribution in [3.8, 4) is 0 Å². The van der Waals surface area contributed by atoms with Crippen molar-refractivity contribution in [3.05, 3.63) is 28.5 Å². The molecule has 0 radical (unpaired) electrons. The summed E-state index contributed by atoms with van der Waals surface area (Å²) in [6.07, 6.45) is -0.546. The summed E-state index contributed by atoms with van der Waals surface area (Å²) >= 11 is 5.75. The van der Waals surface area contributed by atoms with Crippen LogP contribution in [0.3, 0.4) is 0 Å². The number of aliphatic hydroxyl groups is 1. The van der Waals surface area contributed by atoms with Crippen LogP contribution in [0.2, 0.25) is 5.15 Å².